The number of nitrogens with two attached hydrogens (primary N) is 1. The highest BCUT2D eigenvalue weighted by Crippen LogP contribution is 2.13. The van der Waals surface area contributed by atoms with Crippen molar-refractivity contribution < 1.29 is 4.74 Å². The van der Waals surface area contributed by atoms with Gasteiger partial charge in [-0.15, -0.1) is 0 Å². The highest BCUT2D eigenvalue weighted by Gasteiger charge is 2.07. The van der Waals surface area contributed by atoms with Crippen LogP contribution in [0.25, 0.3) is 0 Å². The summed E-state index contributed by atoms with van der Waals surface area (Å²) in [5, 5.41) is 0. The zero-order valence-electron chi connectivity index (χ0n) is 11.9. The van der Waals surface area contributed by atoms with Crippen molar-refractivity contribution in [2.75, 3.05) is 20.2 Å². The Kier molecular flexibility index (Phi) is 6.76. The van der Waals surface area contributed by atoms with E-state index >= 15 is 0 Å². The summed E-state index contributed by atoms with van der Waals surface area (Å²) < 4.78 is 5.75. The summed E-state index contributed by atoms with van der Waals surface area (Å²) in [6.07, 6.45) is 2.46. The molecule has 102 valence electrons. The molecule has 0 saturated heterocycles. The number of rotatable bonds is 8. The van der Waals surface area contributed by atoms with Crippen molar-refractivity contribution in [3.05, 3.63) is 29.8 Å². The van der Waals surface area contributed by atoms with Crippen LogP contribution in [0, 0.1) is 0 Å². The first-order chi connectivity index (χ1) is 8.67. The van der Waals surface area contributed by atoms with Crippen molar-refractivity contribution in [2.45, 2.75) is 39.3 Å². The zero-order chi connectivity index (χ0) is 13.4. The van der Waals surface area contributed by atoms with Gasteiger partial charge in [0, 0.05) is 19.1 Å². The summed E-state index contributed by atoms with van der Waals surface area (Å²) in [7, 11) is 2.15. The summed E-state index contributed by atoms with van der Waals surface area (Å²) >= 11 is 0. The third-order valence-electron chi connectivity index (χ3n) is 3.31. The van der Waals surface area contributed by atoms with E-state index in [1.807, 2.05) is 24.3 Å². The van der Waals surface area contributed by atoms with E-state index in [4.69, 9.17) is 10.5 Å². The van der Waals surface area contributed by atoms with E-state index in [1.54, 1.807) is 0 Å². The van der Waals surface area contributed by atoms with E-state index in [1.165, 1.54) is 12.8 Å². The van der Waals surface area contributed by atoms with E-state index in [9.17, 15) is 0 Å². The Morgan fingerprint density at radius 2 is 2.17 bits per heavy atom. The first-order valence-corrected chi connectivity index (χ1v) is 6.79. The summed E-state index contributed by atoms with van der Waals surface area (Å²) in [5.74, 6) is 0.912. The van der Waals surface area contributed by atoms with E-state index < -0.39 is 0 Å². The lowest BCUT2D eigenvalue weighted by atomic mass is 10.2. The molecule has 0 amide bonds. The third kappa shape index (κ3) is 5.07. The minimum Gasteiger partial charge on any atom is -0.492 e. The second kappa shape index (κ2) is 8.11. The van der Waals surface area contributed by atoms with Crippen LogP contribution in [0.5, 0.6) is 5.75 Å². The second-order valence-corrected chi connectivity index (χ2v) is 4.82. The number of hydrogen-bond donors (Lipinski definition) is 1. The summed E-state index contributed by atoms with van der Waals surface area (Å²) in [4.78, 5) is 2.34. The fourth-order valence-corrected chi connectivity index (χ4v) is 1.93. The standard InChI is InChI=1S/C15H26N2O/c1-4-6-13(2)17(3)9-10-18-15-8-5-7-14(11-15)12-16/h5,7-8,11,13H,4,6,9-10,12,16H2,1-3H3. The molecular formula is C15H26N2O. The summed E-state index contributed by atoms with van der Waals surface area (Å²) in [6, 6.07) is 8.61. The minimum atomic E-state index is 0.560. The Morgan fingerprint density at radius 3 is 2.83 bits per heavy atom. The van der Waals surface area contributed by atoms with E-state index in [0.29, 0.717) is 12.6 Å². The molecule has 3 nitrogen and oxygen atoms in total. The topological polar surface area (TPSA) is 38.5 Å². The number of hydrogen-bond acceptors (Lipinski definition) is 3. The van der Waals surface area contributed by atoms with Gasteiger partial charge in [0.15, 0.2) is 0 Å². The van der Waals surface area contributed by atoms with Crippen molar-refractivity contribution in [3.8, 4) is 5.75 Å². The molecule has 0 heterocycles. The van der Waals surface area contributed by atoms with Crippen LogP contribution < -0.4 is 10.5 Å². The molecule has 0 bridgehead atoms. The van der Waals surface area contributed by atoms with Gasteiger partial charge in [0.1, 0.15) is 12.4 Å². The Hall–Kier alpha value is -1.06. The molecule has 0 fully saturated rings. The van der Waals surface area contributed by atoms with Crippen LogP contribution in [0.1, 0.15) is 32.3 Å². The quantitative estimate of drug-likeness (QED) is 0.771. The molecule has 0 spiro atoms. The summed E-state index contributed by atoms with van der Waals surface area (Å²) in [6.45, 7) is 6.72. The number of ether oxygens (including phenoxy) is 1. The van der Waals surface area contributed by atoms with Crippen molar-refractivity contribution >= 4 is 0 Å². The molecular weight excluding hydrogens is 224 g/mol. The van der Waals surface area contributed by atoms with Gasteiger partial charge in [-0.25, -0.2) is 0 Å². The SMILES string of the molecule is CCCC(C)N(C)CCOc1cccc(CN)c1. The van der Waals surface area contributed by atoms with Gasteiger partial charge < -0.3 is 15.4 Å². The minimum absolute atomic E-state index is 0.560. The second-order valence-electron chi connectivity index (χ2n) is 4.82. The smallest absolute Gasteiger partial charge is 0.119 e. The molecule has 0 radical (unpaired) electrons. The monoisotopic (exact) mass is 250 g/mol. The van der Waals surface area contributed by atoms with Crippen LogP contribution in [0.15, 0.2) is 24.3 Å². The lowest BCUT2D eigenvalue weighted by molar-refractivity contribution is 0.193. The van der Waals surface area contributed by atoms with Crippen molar-refractivity contribution in [1.82, 2.24) is 4.90 Å². The summed E-state index contributed by atoms with van der Waals surface area (Å²) in [5.41, 5.74) is 6.72. The van der Waals surface area contributed by atoms with Gasteiger partial charge in [-0.2, -0.15) is 0 Å². The molecule has 1 unspecified atom stereocenters. The Morgan fingerprint density at radius 1 is 1.39 bits per heavy atom. The van der Waals surface area contributed by atoms with Crippen LogP contribution in [0.2, 0.25) is 0 Å². The van der Waals surface area contributed by atoms with Gasteiger partial charge in [0.2, 0.25) is 0 Å². The van der Waals surface area contributed by atoms with Gasteiger partial charge in [0.05, 0.1) is 0 Å². The van der Waals surface area contributed by atoms with Crippen LogP contribution in [-0.2, 0) is 6.54 Å². The maximum atomic E-state index is 5.75. The van der Waals surface area contributed by atoms with Crippen LogP contribution in [0.3, 0.4) is 0 Å². The van der Waals surface area contributed by atoms with Crippen molar-refractivity contribution in [1.29, 1.82) is 0 Å². The average Bonchev–Trinajstić information content (AvgIpc) is 2.39. The molecule has 3 heteroatoms. The zero-order valence-corrected chi connectivity index (χ0v) is 11.9. The van der Waals surface area contributed by atoms with Crippen LogP contribution in [-0.4, -0.2) is 31.1 Å². The largest absolute Gasteiger partial charge is 0.492 e. The molecule has 1 aromatic carbocycles. The molecule has 18 heavy (non-hydrogen) atoms. The number of benzene rings is 1. The average molecular weight is 250 g/mol. The van der Waals surface area contributed by atoms with Crippen LogP contribution in [0.4, 0.5) is 0 Å². The Balaban J connectivity index is 2.32. The predicted molar refractivity (Wildman–Crippen MR) is 76.8 cm³/mol. The first-order valence-electron chi connectivity index (χ1n) is 6.79. The first kappa shape index (κ1) is 15.0. The Bertz CT molecular complexity index is 341. The third-order valence-corrected chi connectivity index (χ3v) is 3.31. The molecule has 1 rings (SSSR count). The molecule has 2 N–H and O–H groups in total. The molecule has 0 aromatic heterocycles. The normalized spacial score (nSPS) is 12.7. The van der Waals surface area contributed by atoms with E-state index in [0.717, 1.165) is 24.5 Å². The van der Waals surface area contributed by atoms with Crippen LogP contribution >= 0.6 is 0 Å². The number of nitrogens with zero attached hydrogens (tertiary/aromatic N) is 1. The molecule has 0 saturated carbocycles. The van der Waals surface area contributed by atoms with Gasteiger partial charge in [-0.05, 0) is 38.1 Å². The number of likely N-dealkylation sites (N-methyl/N-ethyl adjacent to an activating group) is 1. The lowest BCUT2D eigenvalue weighted by Gasteiger charge is -2.24. The molecule has 1 aromatic rings. The van der Waals surface area contributed by atoms with Gasteiger partial charge >= 0.3 is 0 Å². The fraction of sp³-hybridized carbons (Fsp3) is 0.600. The van der Waals surface area contributed by atoms with Crippen molar-refractivity contribution in [2.24, 2.45) is 5.73 Å². The Labute approximate surface area is 111 Å². The van der Waals surface area contributed by atoms with E-state index in [2.05, 4.69) is 25.8 Å². The van der Waals surface area contributed by atoms with Gasteiger partial charge in [0.25, 0.3) is 0 Å². The maximum absolute atomic E-state index is 5.75. The molecule has 1 atom stereocenters. The predicted octanol–water partition coefficient (Wildman–Crippen LogP) is 2.64. The van der Waals surface area contributed by atoms with E-state index in [-0.39, 0.29) is 0 Å². The molecule has 0 aliphatic rings. The molecule has 0 aliphatic heterocycles. The van der Waals surface area contributed by atoms with Crippen molar-refractivity contribution in [3.63, 3.8) is 0 Å². The maximum Gasteiger partial charge on any atom is 0.119 e. The highest BCUT2D eigenvalue weighted by atomic mass is 16.5. The fourth-order valence-electron chi connectivity index (χ4n) is 1.93. The molecule has 0 aliphatic carbocycles. The van der Waals surface area contributed by atoms with Gasteiger partial charge in [-0.1, -0.05) is 25.5 Å². The lowest BCUT2D eigenvalue weighted by Crippen LogP contribution is -2.32. The van der Waals surface area contributed by atoms with Gasteiger partial charge in [-0.3, -0.25) is 0 Å². The highest BCUT2D eigenvalue weighted by molar-refractivity contribution is 5.28.